The molecule has 0 fully saturated rings. The van der Waals surface area contributed by atoms with Crippen molar-refractivity contribution in [2.75, 3.05) is 0 Å². The van der Waals surface area contributed by atoms with Crippen molar-refractivity contribution < 1.29 is 4.43 Å². The lowest BCUT2D eigenvalue weighted by Gasteiger charge is -2.38. The first-order valence-electron chi connectivity index (χ1n) is 5.68. The third kappa shape index (κ3) is 2.95. The minimum atomic E-state index is -1.61. The molecule has 0 spiro atoms. The van der Waals surface area contributed by atoms with Gasteiger partial charge in [-0.2, -0.15) is 0 Å². The van der Waals surface area contributed by atoms with Crippen LogP contribution in [0.3, 0.4) is 0 Å². The van der Waals surface area contributed by atoms with Crippen LogP contribution in [-0.4, -0.2) is 14.4 Å². The first kappa shape index (κ1) is 13.5. The summed E-state index contributed by atoms with van der Waals surface area (Å²) in [7, 11) is -1.61. The second-order valence-corrected chi connectivity index (χ2v) is 11.6. The average Bonchev–Trinajstić information content (AvgIpc) is 2.33. The Balaban J connectivity index is 2.72. The number of hydrogen-bond donors (Lipinski definition) is 0. The molecule has 0 aromatic rings. The van der Waals surface area contributed by atoms with Crippen molar-refractivity contribution in [1.82, 2.24) is 0 Å². The fourth-order valence-electron chi connectivity index (χ4n) is 1.51. The predicted molar refractivity (Wildman–Crippen MR) is 72.9 cm³/mol. The molecule has 15 heavy (non-hydrogen) atoms. The van der Waals surface area contributed by atoms with Gasteiger partial charge >= 0.3 is 0 Å². The van der Waals surface area contributed by atoms with Gasteiger partial charge < -0.3 is 4.43 Å². The van der Waals surface area contributed by atoms with Crippen LogP contribution in [-0.2, 0) is 4.43 Å². The first-order valence-corrected chi connectivity index (χ1v) is 9.38. The van der Waals surface area contributed by atoms with E-state index in [1.807, 2.05) is 0 Å². The fraction of sp³-hybridized carbons (Fsp3) is 0.833. The molecule has 1 atom stereocenters. The maximum absolute atomic E-state index is 6.38. The quantitative estimate of drug-likeness (QED) is 0.661. The molecule has 1 aliphatic carbocycles. The molecule has 88 valence electrons. The lowest BCUT2D eigenvalue weighted by Crippen LogP contribution is -2.43. The third-order valence-corrected chi connectivity index (χ3v) is 9.39. The van der Waals surface area contributed by atoms with Crippen LogP contribution in [0.25, 0.3) is 0 Å². The molecule has 0 amide bonds. The van der Waals surface area contributed by atoms with E-state index in [0.717, 1.165) is 6.42 Å². The van der Waals surface area contributed by atoms with E-state index in [9.17, 15) is 0 Å². The molecule has 1 aliphatic rings. The zero-order valence-electron chi connectivity index (χ0n) is 10.8. The molecule has 3 heteroatoms. The highest BCUT2D eigenvalue weighted by atomic mass is 79.9. The molecular formula is C12H23BrOSi. The van der Waals surface area contributed by atoms with Crippen molar-refractivity contribution in [2.24, 2.45) is 0 Å². The zero-order chi connectivity index (χ0) is 11.9. The molecule has 1 rings (SSSR count). The van der Waals surface area contributed by atoms with Crippen LogP contribution in [0.2, 0.25) is 18.1 Å². The normalized spacial score (nSPS) is 23.8. The first-order chi connectivity index (χ1) is 6.65. The molecule has 0 aliphatic heterocycles. The second-order valence-electron chi connectivity index (χ2n) is 6.03. The van der Waals surface area contributed by atoms with Crippen LogP contribution in [0.1, 0.15) is 40.5 Å². The van der Waals surface area contributed by atoms with Gasteiger partial charge in [0.15, 0.2) is 8.32 Å². The van der Waals surface area contributed by atoms with Gasteiger partial charge in [-0.1, -0.05) is 42.3 Å². The van der Waals surface area contributed by atoms with Gasteiger partial charge in [0.25, 0.3) is 0 Å². The summed E-state index contributed by atoms with van der Waals surface area (Å²) in [5.41, 5.74) is 1.46. The van der Waals surface area contributed by atoms with E-state index in [-0.39, 0.29) is 0 Å². The van der Waals surface area contributed by atoms with Crippen LogP contribution >= 0.6 is 15.9 Å². The Morgan fingerprint density at radius 1 is 1.33 bits per heavy atom. The third-order valence-electron chi connectivity index (χ3n) is 3.71. The van der Waals surface area contributed by atoms with E-state index in [4.69, 9.17) is 4.43 Å². The number of hydrogen-bond acceptors (Lipinski definition) is 1. The summed E-state index contributed by atoms with van der Waals surface area (Å²) < 4.78 is 7.68. The van der Waals surface area contributed by atoms with Crippen molar-refractivity contribution >= 4 is 24.2 Å². The Morgan fingerprint density at radius 2 is 1.87 bits per heavy atom. The van der Waals surface area contributed by atoms with Gasteiger partial charge in [0.05, 0.1) is 6.10 Å². The summed E-state index contributed by atoms with van der Waals surface area (Å²) in [6, 6.07) is 0. The zero-order valence-corrected chi connectivity index (χ0v) is 13.4. The summed E-state index contributed by atoms with van der Waals surface area (Å²) in [6.07, 6.45) is 2.66. The summed E-state index contributed by atoms with van der Waals surface area (Å²) in [4.78, 5) is 0. The number of rotatable bonds is 2. The molecule has 0 saturated heterocycles. The highest BCUT2D eigenvalue weighted by molar-refractivity contribution is 9.11. The number of allylic oxidation sites excluding steroid dienone is 1. The molecule has 0 saturated carbocycles. The van der Waals surface area contributed by atoms with Crippen molar-refractivity contribution in [3.05, 3.63) is 10.1 Å². The highest BCUT2D eigenvalue weighted by Crippen LogP contribution is 2.41. The van der Waals surface area contributed by atoms with Crippen LogP contribution in [0, 0.1) is 0 Å². The Labute approximate surface area is 104 Å². The highest BCUT2D eigenvalue weighted by Gasteiger charge is 2.40. The van der Waals surface area contributed by atoms with E-state index >= 15 is 0 Å². The monoisotopic (exact) mass is 290 g/mol. The minimum Gasteiger partial charge on any atom is -0.409 e. The summed E-state index contributed by atoms with van der Waals surface area (Å²) in [5.74, 6) is 0. The van der Waals surface area contributed by atoms with E-state index in [1.165, 1.54) is 16.5 Å². The van der Waals surface area contributed by atoms with Crippen molar-refractivity contribution in [2.45, 2.75) is 64.8 Å². The Bertz CT molecular complexity index is 276. The minimum absolute atomic E-state index is 0.302. The fourth-order valence-corrected chi connectivity index (χ4v) is 3.51. The maximum Gasteiger partial charge on any atom is 0.192 e. The van der Waals surface area contributed by atoms with E-state index in [1.54, 1.807) is 0 Å². The summed E-state index contributed by atoms with van der Waals surface area (Å²) in [5, 5.41) is 0.302. The standard InChI is InChI=1S/C12H23BrOSi/c1-9-7-8-10(11(9)13)14-15(5,6)12(2,3)4/h10H,7-8H2,1-6H3. The van der Waals surface area contributed by atoms with Gasteiger partial charge in [0.2, 0.25) is 0 Å². The summed E-state index contributed by atoms with van der Waals surface area (Å²) in [6.45, 7) is 13.7. The predicted octanol–water partition coefficient (Wildman–Crippen LogP) is 4.84. The Morgan fingerprint density at radius 3 is 2.20 bits per heavy atom. The van der Waals surface area contributed by atoms with Crippen LogP contribution in [0.4, 0.5) is 0 Å². The van der Waals surface area contributed by atoms with Gasteiger partial charge in [-0.3, -0.25) is 0 Å². The van der Waals surface area contributed by atoms with Gasteiger partial charge in [0.1, 0.15) is 0 Å². The van der Waals surface area contributed by atoms with Crippen molar-refractivity contribution in [3.63, 3.8) is 0 Å². The molecule has 1 nitrogen and oxygen atoms in total. The maximum atomic E-state index is 6.38. The van der Waals surface area contributed by atoms with E-state index in [0.29, 0.717) is 11.1 Å². The lowest BCUT2D eigenvalue weighted by atomic mass is 10.2. The van der Waals surface area contributed by atoms with Crippen molar-refractivity contribution in [3.8, 4) is 0 Å². The SMILES string of the molecule is CC1=C(Br)C(O[Si](C)(C)C(C)(C)C)CC1. The molecule has 0 radical (unpaired) electrons. The Hall–Kier alpha value is 0.397. The topological polar surface area (TPSA) is 9.23 Å². The van der Waals surface area contributed by atoms with E-state index in [2.05, 4.69) is 56.7 Å². The van der Waals surface area contributed by atoms with Gasteiger partial charge in [-0.25, -0.2) is 0 Å². The van der Waals surface area contributed by atoms with Crippen LogP contribution in [0.15, 0.2) is 10.1 Å². The largest absolute Gasteiger partial charge is 0.409 e. The molecule has 0 aromatic heterocycles. The smallest absolute Gasteiger partial charge is 0.192 e. The van der Waals surface area contributed by atoms with Gasteiger partial charge in [0, 0.05) is 4.48 Å². The van der Waals surface area contributed by atoms with Crippen LogP contribution in [0.5, 0.6) is 0 Å². The van der Waals surface area contributed by atoms with Gasteiger partial charge in [-0.05, 0) is 37.9 Å². The van der Waals surface area contributed by atoms with Crippen LogP contribution < -0.4 is 0 Å². The second kappa shape index (κ2) is 4.34. The van der Waals surface area contributed by atoms with Crippen molar-refractivity contribution in [1.29, 1.82) is 0 Å². The Kier molecular flexibility index (Phi) is 3.90. The van der Waals surface area contributed by atoms with E-state index < -0.39 is 8.32 Å². The molecule has 0 aromatic carbocycles. The van der Waals surface area contributed by atoms with Gasteiger partial charge in [-0.15, -0.1) is 0 Å². The molecule has 0 N–H and O–H groups in total. The summed E-state index contributed by atoms with van der Waals surface area (Å²) >= 11 is 3.67. The lowest BCUT2D eigenvalue weighted by molar-refractivity contribution is 0.222. The molecule has 0 heterocycles. The molecule has 0 bridgehead atoms. The molecule has 1 unspecified atom stereocenters. The number of halogens is 1. The molecular weight excluding hydrogens is 268 g/mol. The average molecular weight is 291 g/mol.